The number of hydrogen-bond acceptors (Lipinski definition) is 2. The lowest BCUT2D eigenvalue weighted by molar-refractivity contribution is 0.411. The molecule has 3 heteroatoms. The van der Waals surface area contributed by atoms with Gasteiger partial charge in [-0.15, -0.1) is 0 Å². The van der Waals surface area contributed by atoms with Gasteiger partial charge in [-0.3, -0.25) is 4.68 Å². The SMILES string of the molecule is CCC(C)n1cc(OC)cn1. The van der Waals surface area contributed by atoms with Gasteiger partial charge < -0.3 is 4.74 Å². The third-order valence-corrected chi connectivity index (χ3v) is 1.86. The smallest absolute Gasteiger partial charge is 0.156 e. The fourth-order valence-electron chi connectivity index (χ4n) is 0.854. The van der Waals surface area contributed by atoms with E-state index in [1.165, 1.54) is 0 Å². The molecule has 62 valence electrons. The van der Waals surface area contributed by atoms with E-state index in [2.05, 4.69) is 18.9 Å². The molecule has 1 heterocycles. The summed E-state index contributed by atoms with van der Waals surface area (Å²) in [6.07, 6.45) is 4.73. The lowest BCUT2D eigenvalue weighted by Gasteiger charge is -2.07. The van der Waals surface area contributed by atoms with Crippen molar-refractivity contribution in [3.05, 3.63) is 12.4 Å². The van der Waals surface area contributed by atoms with Gasteiger partial charge in [-0.2, -0.15) is 5.10 Å². The van der Waals surface area contributed by atoms with Crippen molar-refractivity contribution in [3.63, 3.8) is 0 Å². The summed E-state index contributed by atoms with van der Waals surface area (Å²) in [6.45, 7) is 4.27. The molecule has 1 aromatic heterocycles. The molecule has 1 atom stereocenters. The quantitative estimate of drug-likeness (QED) is 0.664. The zero-order chi connectivity index (χ0) is 8.27. The highest BCUT2D eigenvalue weighted by atomic mass is 16.5. The van der Waals surface area contributed by atoms with Gasteiger partial charge in [-0.25, -0.2) is 0 Å². The molecule has 0 aliphatic heterocycles. The molecule has 0 saturated heterocycles. The van der Waals surface area contributed by atoms with Gasteiger partial charge in [0.2, 0.25) is 0 Å². The molecule has 1 unspecified atom stereocenters. The first kappa shape index (κ1) is 8.11. The average molecular weight is 154 g/mol. The summed E-state index contributed by atoms with van der Waals surface area (Å²) in [5.74, 6) is 0.824. The Balaban J connectivity index is 2.71. The lowest BCUT2D eigenvalue weighted by Crippen LogP contribution is -2.03. The van der Waals surface area contributed by atoms with Crippen molar-refractivity contribution >= 4 is 0 Å². The Hall–Kier alpha value is -0.990. The van der Waals surface area contributed by atoms with Crippen LogP contribution in [0.3, 0.4) is 0 Å². The van der Waals surface area contributed by atoms with Crippen LogP contribution in [0.25, 0.3) is 0 Å². The van der Waals surface area contributed by atoms with Gasteiger partial charge in [0.05, 0.1) is 19.5 Å². The molecule has 0 aliphatic rings. The van der Waals surface area contributed by atoms with E-state index < -0.39 is 0 Å². The fraction of sp³-hybridized carbons (Fsp3) is 0.625. The van der Waals surface area contributed by atoms with Crippen LogP contribution in [0.15, 0.2) is 12.4 Å². The predicted molar refractivity (Wildman–Crippen MR) is 43.8 cm³/mol. The van der Waals surface area contributed by atoms with Crippen molar-refractivity contribution in [2.45, 2.75) is 26.3 Å². The van der Waals surface area contributed by atoms with Crippen LogP contribution < -0.4 is 4.74 Å². The minimum Gasteiger partial charge on any atom is -0.493 e. The van der Waals surface area contributed by atoms with Crippen LogP contribution in [0.4, 0.5) is 0 Å². The Morgan fingerprint density at radius 1 is 1.73 bits per heavy atom. The first-order valence-corrected chi connectivity index (χ1v) is 3.86. The first-order chi connectivity index (χ1) is 5.27. The minimum atomic E-state index is 0.457. The summed E-state index contributed by atoms with van der Waals surface area (Å²) in [4.78, 5) is 0. The molecule has 3 nitrogen and oxygen atoms in total. The molecule has 0 saturated carbocycles. The van der Waals surface area contributed by atoms with Crippen molar-refractivity contribution in [1.82, 2.24) is 9.78 Å². The van der Waals surface area contributed by atoms with Crippen LogP contribution in [-0.2, 0) is 0 Å². The normalized spacial score (nSPS) is 13.0. The van der Waals surface area contributed by atoms with Crippen LogP contribution in [0.5, 0.6) is 5.75 Å². The molecular weight excluding hydrogens is 140 g/mol. The average Bonchev–Trinajstić information content (AvgIpc) is 2.50. The third-order valence-electron chi connectivity index (χ3n) is 1.86. The van der Waals surface area contributed by atoms with Crippen LogP contribution in [0.1, 0.15) is 26.3 Å². The molecule has 0 aliphatic carbocycles. The van der Waals surface area contributed by atoms with E-state index in [1.54, 1.807) is 13.3 Å². The van der Waals surface area contributed by atoms with E-state index in [9.17, 15) is 0 Å². The van der Waals surface area contributed by atoms with Crippen molar-refractivity contribution in [2.75, 3.05) is 7.11 Å². The fourth-order valence-corrected chi connectivity index (χ4v) is 0.854. The van der Waals surface area contributed by atoms with E-state index in [-0.39, 0.29) is 0 Å². The van der Waals surface area contributed by atoms with E-state index >= 15 is 0 Å². The highest BCUT2D eigenvalue weighted by Crippen LogP contribution is 2.13. The van der Waals surface area contributed by atoms with E-state index in [1.807, 2.05) is 10.9 Å². The summed E-state index contributed by atoms with van der Waals surface area (Å²) >= 11 is 0. The maximum absolute atomic E-state index is 5.01. The Kier molecular flexibility index (Phi) is 2.52. The molecule has 0 spiro atoms. The molecule has 1 rings (SSSR count). The minimum absolute atomic E-state index is 0.457. The Labute approximate surface area is 67.0 Å². The van der Waals surface area contributed by atoms with Crippen molar-refractivity contribution < 1.29 is 4.74 Å². The second-order valence-corrected chi connectivity index (χ2v) is 2.62. The van der Waals surface area contributed by atoms with Crippen molar-refractivity contribution in [3.8, 4) is 5.75 Å². The highest BCUT2D eigenvalue weighted by Gasteiger charge is 2.02. The zero-order valence-corrected chi connectivity index (χ0v) is 7.24. The topological polar surface area (TPSA) is 27.1 Å². The molecule has 0 amide bonds. The zero-order valence-electron chi connectivity index (χ0n) is 7.24. The molecule has 0 bridgehead atoms. The standard InChI is InChI=1S/C8H14N2O/c1-4-7(2)10-6-8(11-3)5-9-10/h5-7H,4H2,1-3H3. The molecule has 0 fully saturated rings. The van der Waals surface area contributed by atoms with Crippen LogP contribution >= 0.6 is 0 Å². The Bertz CT molecular complexity index is 220. The van der Waals surface area contributed by atoms with Gasteiger partial charge in [-0.05, 0) is 13.3 Å². The van der Waals surface area contributed by atoms with Gasteiger partial charge in [0.1, 0.15) is 0 Å². The van der Waals surface area contributed by atoms with E-state index in [0.717, 1.165) is 12.2 Å². The van der Waals surface area contributed by atoms with Gasteiger partial charge in [-0.1, -0.05) is 6.92 Å². The third kappa shape index (κ3) is 1.73. The summed E-state index contributed by atoms with van der Waals surface area (Å²) in [7, 11) is 1.65. The molecule has 1 aromatic rings. The molecule has 0 aromatic carbocycles. The number of nitrogens with zero attached hydrogens (tertiary/aromatic N) is 2. The van der Waals surface area contributed by atoms with E-state index in [0.29, 0.717) is 6.04 Å². The van der Waals surface area contributed by atoms with Crippen LogP contribution in [0, 0.1) is 0 Å². The molecule has 11 heavy (non-hydrogen) atoms. The van der Waals surface area contributed by atoms with Crippen LogP contribution in [0.2, 0.25) is 0 Å². The summed E-state index contributed by atoms with van der Waals surface area (Å²) < 4.78 is 6.92. The van der Waals surface area contributed by atoms with Gasteiger partial charge in [0.25, 0.3) is 0 Å². The number of hydrogen-bond donors (Lipinski definition) is 0. The highest BCUT2D eigenvalue weighted by molar-refractivity contribution is 5.11. The monoisotopic (exact) mass is 154 g/mol. The Morgan fingerprint density at radius 2 is 2.45 bits per heavy atom. The summed E-state index contributed by atoms with van der Waals surface area (Å²) in [5, 5.41) is 4.15. The van der Waals surface area contributed by atoms with Gasteiger partial charge >= 0.3 is 0 Å². The predicted octanol–water partition coefficient (Wildman–Crippen LogP) is 1.86. The van der Waals surface area contributed by atoms with Crippen LogP contribution in [-0.4, -0.2) is 16.9 Å². The van der Waals surface area contributed by atoms with Crippen molar-refractivity contribution in [1.29, 1.82) is 0 Å². The summed E-state index contributed by atoms with van der Waals surface area (Å²) in [5.41, 5.74) is 0. The summed E-state index contributed by atoms with van der Waals surface area (Å²) in [6, 6.07) is 0.457. The van der Waals surface area contributed by atoms with E-state index in [4.69, 9.17) is 4.74 Å². The largest absolute Gasteiger partial charge is 0.493 e. The number of aromatic nitrogens is 2. The first-order valence-electron chi connectivity index (χ1n) is 3.86. The number of methoxy groups -OCH3 is 1. The van der Waals surface area contributed by atoms with Gasteiger partial charge in [0.15, 0.2) is 5.75 Å². The van der Waals surface area contributed by atoms with Gasteiger partial charge in [0, 0.05) is 6.04 Å². The Morgan fingerprint density at radius 3 is 2.91 bits per heavy atom. The second-order valence-electron chi connectivity index (χ2n) is 2.62. The maximum atomic E-state index is 5.01. The maximum Gasteiger partial charge on any atom is 0.156 e. The molecule has 0 radical (unpaired) electrons. The molecule has 0 N–H and O–H groups in total. The second kappa shape index (κ2) is 3.42. The van der Waals surface area contributed by atoms with Crippen molar-refractivity contribution in [2.24, 2.45) is 0 Å². The lowest BCUT2D eigenvalue weighted by atomic mass is 10.3. The number of ether oxygens (including phenoxy) is 1. The molecular formula is C8H14N2O. The number of rotatable bonds is 3.